The van der Waals surface area contributed by atoms with Gasteiger partial charge in [0.2, 0.25) is 0 Å². The van der Waals surface area contributed by atoms with E-state index >= 15 is 0 Å². The topological polar surface area (TPSA) is 32.7 Å². The van der Waals surface area contributed by atoms with Gasteiger partial charge >= 0.3 is 0 Å². The Hall–Kier alpha value is -0.0000000000000000555. The largest absolute Gasteiger partial charge is 0.324 e. The van der Waals surface area contributed by atoms with Crippen LogP contribution >= 0.6 is 14.2 Å². The molecular formula is C10H26N2OP2. The summed E-state index contributed by atoms with van der Waals surface area (Å²) in [5.74, 6) is 0. The van der Waals surface area contributed by atoms with Gasteiger partial charge in [0, 0.05) is 19.9 Å². The quantitative estimate of drug-likeness (QED) is 0.438. The molecule has 0 bridgehead atoms. The molecule has 0 aliphatic carbocycles. The second-order valence-corrected chi connectivity index (χ2v) is 11.9. The zero-order chi connectivity index (χ0) is 13.4. The van der Waals surface area contributed by atoms with Crippen LogP contribution in [0, 0.1) is 0 Å². The van der Waals surface area contributed by atoms with Crippen LogP contribution in [0.2, 0.25) is 0 Å². The maximum Gasteiger partial charge on any atom is 0.0819 e. The maximum atomic E-state index is 10.8. The Labute approximate surface area is 96.7 Å². The van der Waals surface area contributed by atoms with Gasteiger partial charge < -0.3 is 4.57 Å². The van der Waals surface area contributed by atoms with Gasteiger partial charge in [-0.05, 0) is 40.1 Å². The fourth-order valence-corrected chi connectivity index (χ4v) is 2.03. The van der Waals surface area contributed by atoms with Crippen molar-refractivity contribution in [1.29, 1.82) is 0 Å². The molecule has 0 radical (unpaired) electrons. The summed E-state index contributed by atoms with van der Waals surface area (Å²) in [5.41, 5.74) is 0. The van der Waals surface area contributed by atoms with Gasteiger partial charge in [-0.1, -0.05) is 13.2 Å². The average Bonchev–Trinajstić information content (AvgIpc) is 2.01. The molecule has 0 aliphatic heterocycles. The number of hydrogen-bond donors (Lipinski definition) is 0. The van der Waals surface area contributed by atoms with Crippen molar-refractivity contribution in [2.75, 3.05) is 39.9 Å². The van der Waals surface area contributed by atoms with Crippen LogP contribution in [0.4, 0.5) is 0 Å². The molecule has 0 aromatic heterocycles. The molecule has 3 nitrogen and oxygen atoms in total. The average molecular weight is 253 g/mol. The highest BCUT2D eigenvalue weighted by molar-refractivity contribution is 7.69. The molecule has 0 heterocycles. The number of rotatable bonds is 4. The second kappa shape index (κ2) is 7.30. The highest BCUT2D eigenvalue weighted by Crippen LogP contribution is 2.38. The van der Waals surface area contributed by atoms with Gasteiger partial charge in [-0.15, -0.1) is 0 Å². The summed E-state index contributed by atoms with van der Waals surface area (Å²) in [6.07, 6.45) is 5.87. The molecule has 15 heavy (non-hydrogen) atoms. The van der Waals surface area contributed by atoms with Crippen molar-refractivity contribution in [2.24, 2.45) is 5.10 Å². The van der Waals surface area contributed by atoms with E-state index in [2.05, 4.69) is 18.3 Å². The minimum atomic E-state index is -1.67. The first-order valence-corrected chi connectivity index (χ1v) is 10.5. The van der Waals surface area contributed by atoms with E-state index in [4.69, 9.17) is 1.37 Å². The fraction of sp³-hybridized carbons (Fsp3) is 0.800. The van der Waals surface area contributed by atoms with Crippen LogP contribution in [-0.4, -0.2) is 57.6 Å². The molecule has 0 saturated carbocycles. The molecule has 0 fully saturated rings. The SMILES string of the molecule is CCCP(C)(C)=O.[2H]C=NN(C)P(=C)(C)C. The van der Waals surface area contributed by atoms with E-state index in [-0.39, 0.29) is 0 Å². The van der Waals surface area contributed by atoms with Crippen LogP contribution in [0.25, 0.3) is 0 Å². The van der Waals surface area contributed by atoms with E-state index in [1.165, 1.54) is 0 Å². The van der Waals surface area contributed by atoms with Gasteiger partial charge in [0.1, 0.15) is 0 Å². The molecule has 0 unspecified atom stereocenters. The highest BCUT2D eigenvalue weighted by Gasteiger charge is 2.02. The highest BCUT2D eigenvalue weighted by atomic mass is 31.2. The van der Waals surface area contributed by atoms with Gasteiger partial charge in [0.15, 0.2) is 0 Å². The normalized spacial score (nSPS) is 13.1. The summed E-state index contributed by atoms with van der Waals surface area (Å²) in [5, 5.41) is 3.76. The zero-order valence-electron chi connectivity index (χ0n) is 11.9. The Balaban J connectivity index is 0. The van der Waals surface area contributed by atoms with Crippen LogP contribution < -0.4 is 0 Å². The van der Waals surface area contributed by atoms with Crippen molar-refractivity contribution in [1.82, 2.24) is 4.78 Å². The van der Waals surface area contributed by atoms with Crippen molar-refractivity contribution >= 4 is 27.2 Å². The second-order valence-electron chi connectivity index (χ2n) is 4.52. The van der Waals surface area contributed by atoms with Crippen molar-refractivity contribution in [3.63, 3.8) is 0 Å². The molecule has 5 heteroatoms. The molecule has 0 saturated heterocycles. The van der Waals surface area contributed by atoms with Crippen LogP contribution in [0.1, 0.15) is 14.7 Å². The first-order chi connectivity index (χ1) is 7.04. The summed E-state index contributed by atoms with van der Waals surface area (Å²) in [7, 11) is -1.08. The first kappa shape index (κ1) is 15.0. The van der Waals surface area contributed by atoms with Crippen LogP contribution in [-0.2, 0) is 4.57 Å². The van der Waals surface area contributed by atoms with Crippen LogP contribution in [0.15, 0.2) is 5.10 Å². The molecule has 0 N–H and O–H groups in total. The van der Waals surface area contributed by atoms with Gasteiger partial charge in [0.25, 0.3) is 0 Å². The lowest BCUT2D eigenvalue weighted by atomic mass is 10.6. The summed E-state index contributed by atoms with van der Waals surface area (Å²) in [4.78, 5) is 0. The third-order valence-corrected chi connectivity index (χ3v) is 4.91. The Morgan fingerprint density at radius 1 is 1.40 bits per heavy atom. The minimum absolute atomic E-state index is 0.896. The van der Waals surface area contributed by atoms with Gasteiger partial charge in [-0.3, -0.25) is 4.78 Å². The lowest BCUT2D eigenvalue weighted by molar-refractivity contribution is 0.581. The Kier molecular flexibility index (Phi) is 7.30. The van der Waals surface area contributed by atoms with Gasteiger partial charge in [0.05, 0.1) is 8.51 Å². The molecule has 0 aliphatic rings. The lowest BCUT2D eigenvalue weighted by Gasteiger charge is -2.22. The van der Waals surface area contributed by atoms with Crippen molar-refractivity contribution in [3.8, 4) is 0 Å². The minimum Gasteiger partial charge on any atom is -0.324 e. The standard InChI is InChI=1S/C5H13N2P.C5H13OP/c1-6-7(2)8(3,4)5;1-4-5-7(2,3)6/h1,3H2,2,4-5H3;4-5H2,1-3H3/i1D;. The molecule has 0 amide bonds. The monoisotopic (exact) mass is 253 g/mol. The molecule has 0 rings (SSSR count). The Morgan fingerprint density at radius 2 is 1.87 bits per heavy atom. The van der Waals surface area contributed by atoms with E-state index in [1.54, 1.807) is 4.78 Å². The molecule has 92 valence electrons. The van der Waals surface area contributed by atoms with Crippen LogP contribution in [0.5, 0.6) is 0 Å². The van der Waals surface area contributed by atoms with E-state index < -0.39 is 14.2 Å². The third kappa shape index (κ3) is 14.0. The van der Waals surface area contributed by atoms with Gasteiger partial charge in [-0.2, -0.15) is 5.10 Å². The summed E-state index contributed by atoms with van der Waals surface area (Å²) in [6.45, 7) is 10.8. The molecule has 0 aromatic rings. The molecule has 0 aromatic carbocycles. The van der Waals surface area contributed by atoms with Crippen LogP contribution in [0.3, 0.4) is 0 Å². The van der Waals surface area contributed by atoms with E-state index in [0.717, 1.165) is 19.3 Å². The van der Waals surface area contributed by atoms with E-state index in [1.807, 2.05) is 33.7 Å². The maximum absolute atomic E-state index is 10.8. The zero-order valence-corrected chi connectivity index (χ0v) is 12.7. The predicted octanol–water partition coefficient (Wildman–Crippen LogP) is 3.18. The van der Waals surface area contributed by atoms with Crippen molar-refractivity contribution in [3.05, 3.63) is 0 Å². The summed E-state index contributed by atoms with van der Waals surface area (Å²) >= 11 is 0. The first-order valence-electron chi connectivity index (χ1n) is 5.49. The summed E-state index contributed by atoms with van der Waals surface area (Å²) < 4.78 is 19.2. The molecular weight excluding hydrogens is 226 g/mol. The number of hydrogen-bond acceptors (Lipinski definition) is 3. The Morgan fingerprint density at radius 3 is 1.93 bits per heavy atom. The van der Waals surface area contributed by atoms with Crippen molar-refractivity contribution in [2.45, 2.75) is 13.3 Å². The van der Waals surface area contributed by atoms with Gasteiger partial charge in [-0.25, -0.2) is 0 Å². The summed E-state index contributed by atoms with van der Waals surface area (Å²) in [6, 6.07) is 0. The van der Waals surface area contributed by atoms with E-state index in [9.17, 15) is 4.57 Å². The Bertz CT molecular complexity index is 293. The van der Waals surface area contributed by atoms with E-state index in [0.29, 0.717) is 0 Å². The lowest BCUT2D eigenvalue weighted by Crippen LogP contribution is -2.04. The predicted molar refractivity (Wildman–Crippen MR) is 77.8 cm³/mol. The smallest absolute Gasteiger partial charge is 0.0819 e. The molecule has 0 spiro atoms. The number of nitrogens with zero attached hydrogens (tertiary/aromatic N) is 2. The fourth-order valence-electron chi connectivity index (χ4n) is 0.678. The van der Waals surface area contributed by atoms with Crippen molar-refractivity contribution < 1.29 is 5.94 Å². The third-order valence-electron chi connectivity index (χ3n) is 1.71. The number of hydrazone groups is 1. The molecule has 0 atom stereocenters.